The third-order valence-electron chi connectivity index (χ3n) is 8.30. The van der Waals surface area contributed by atoms with Crippen LogP contribution in [0.1, 0.15) is 47.7 Å². The summed E-state index contributed by atoms with van der Waals surface area (Å²) in [7, 11) is 8.69. The summed E-state index contributed by atoms with van der Waals surface area (Å²) < 4.78 is 26.7. The number of benzene rings is 3. The van der Waals surface area contributed by atoms with Crippen molar-refractivity contribution < 1.29 is 53.1 Å². The molecule has 0 spiro atoms. The van der Waals surface area contributed by atoms with Crippen molar-refractivity contribution in [3.8, 4) is 23.0 Å². The number of quaternary nitrogens is 1. The number of hydrogen-bond acceptors (Lipinski definition) is 13. The van der Waals surface area contributed by atoms with Crippen LogP contribution < -0.4 is 51.2 Å². The molecule has 0 bridgehead atoms. The summed E-state index contributed by atoms with van der Waals surface area (Å²) in [6, 6.07) is 18.0. The zero-order valence-electron chi connectivity index (χ0n) is 31.4. The highest BCUT2D eigenvalue weighted by atomic mass is 32.1. The molecule has 1 amide bonds. The Morgan fingerprint density at radius 2 is 1.56 bits per heavy atom. The second-order valence-corrected chi connectivity index (χ2v) is 12.3. The Bertz CT molecular complexity index is 1770. The smallest absolute Gasteiger partial charge is 0.413 e. The Balaban J connectivity index is 0.000000380. The number of nitrogens with one attached hydrogen (secondary N) is 3. The maximum absolute atomic E-state index is 12.8. The van der Waals surface area contributed by atoms with Crippen LogP contribution in [0, 0.1) is 10.1 Å². The Kier molecular flexibility index (Phi) is 18.1. The number of nitrogens with two attached hydrogens (primary N) is 2. The van der Waals surface area contributed by atoms with E-state index in [0.29, 0.717) is 28.4 Å². The van der Waals surface area contributed by atoms with Crippen LogP contribution in [0.4, 0.5) is 4.79 Å². The second-order valence-electron chi connectivity index (χ2n) is 11.9. The molecule has 2 unspecified atom stereocenters. The van der Waals surface area contributed by atoms with Gasteiger partial charge in [-0.3, -0.25) is 0 Å². The highest BCUT2D eigenvalue weighted by Gasteiger charge is 2.39. The van der Waals surface area contributed by atoms with E-state index >= 15 is 0 Å². The van der Waals surface area contributed by atoms with Crippen LogP contribution in [0.3, 0.4) is 0 Å². The number of likely N-dealkylation sites (N-methyl/N-ethyl adjacent to an activating group) is 1. The minimum absolute atomic E-state index is 0.00758. The summed E-state index contributed by atoms with van der Waals surface area (Å²) >= 11 is 4.80. The van der Waals surface area contributed by atoms with E-state index in [1.165, 1.54) is 38.4 Å². The van der Waals surface area contributed by atoms with Gasteiger partial charge in [0.25, 0.3) is 5.96 Å². The number of nitrogens with zero attached hydrogens (tertiary/aromatic N) is 2. The monoisotopic (exact) mass is 785 g/mol. The first kappa shape index (κ1) is 44.9. The third-order valence-corrected chi connectivity index (χ3v) is 8.54. The molecule has 0 fully saturated rings. The first-order valence-corrected chi connectivity index (χ1v) is 17.2. The summed E-state index contributed by atoms with van der Waals surface area (Å²) in [4.78, 5) is 50.9. The number of thiocarbonyl (C=S) groups is 1. The molecular formula is C36H47N7O11S. The zero-order chi connectivity index (χ0) is 41.1. The van der Waals surface area contributed by atoms with Crippen molar-refractivity contribution in [1.29, 1.82) is 0 Å². The van der Waals surface area contributed by atoms with E-state index in [0.717, 1.165) is 12.0 Å². The minimum atomic E-state index is -1.52. The molecule has 18 nitrogen and oxygen atoms in total. The number of carbonyl (C=O) groups is 3. The number of esters is 1. The summed E-state index contributed by atoms with van der Waals surface area (Å²) in [6.45, 7) is 2.37. The van der Waals surface area contributed by atoms with Gasteiger partial charge in [-0.1, -0.05) is 54.9 Å². The van der Waals surface area contributed by atoms with Crippen LogP contribution >= 0.6 is 12.2 Å². The van der Waals surface area contributed by atoms with Gasteiger partial charge in [0.2, 0.25) is 5.75 Å². The molecule has 3 aromatic carbocycles. The lowest BCUT2D eigenvalue weighted by Crippen LogP contribution is -3.14. The molecule has 3 aromatic rings. The third kappa shape index (κ3) is 13.6. The molecule has 19 heteroatoms. The van der Waals surface area contributed by atoms with Crippen LogP contribution in [0.25, 0.3) is 0 Å². The zero-order valence-corrected chi connectivity index (χ0v) is 32.2. The van der Waals surface area contributed by atoms with Crippen molar-refractivity contribution in [2.24, 2.45) is 16.5 Å². The molecule has 0 heterocycles. The number of rotatable bonds is 18. The topological polar surface area (TPSA) is 256 Å². The molecule has 2 atom stereocenters. The normalized spacial score (nSPS) is 12.5. The number of hydrazine groups is 1. The second kappa shape index (κ2) is 22.1. The Morgan fingerprint density at radius 1 is 0.964 bits per heavy atom. The van der Waals surface area contributed by atoms with Crippen molar-refractivity contribution in [3.05, 3.63) is 93.5 Å². The average molecular weight is 786 g/mol. The summed E-state index contributed by atoms with van der Waals surface area (Å²) in [5, 5.41) is 22.5. The lowest BCUT2D eigenvalue weighted by Gasteiger charge is -2.35. The van der Waals surface area contributed by atoms with E-state index in [2.05, 4.69) is 43.5 Å². The van der Waals surface area contributed by atoms with Gasteiger partial charge in [0.15, 0.2) is 28.7 Å². The summed E-state index contributed by atoms with van der Waals surface area (Å²) in [6.07, 6.45) is -0.0540. The van der Waals surface area contributed by atoms with Gasteiger partial charge in [-0.05, 0) is 49.2 Å². The van der Waals surface area contributed by atoms with E-state index in [1.807, 2.05) is 18.2 Å². The van der Waals surface area contributed by atoms with Crippen LogP contribution in [0.15, 0.2) is 71.7 Å². The SMILES string of the molecule is CCC(COC(=O)c1cc(OC)c(OC)c(OC)c1)(c1ccccc1)[NH+](C)C.NC(=S)c1ccc(OC(=O)NC(CCCN=C(N)N[N+](=O)[O-])C(=O)[O-])cc1. The van der Waals surface area contributed by atoms with E-state index in [-0.39, 0.29) is 42.3 Å². The van der Waals surface area contributed by atoms with Gasteiger partial charge in [0, 0.05) is 24.1 Å². The first-order valence-electron chi connectivity index (χ1n) is 16.8. The molecule has 0 aliphatic heterocycles. The minimum Gasteiger partial charge on any atom is -0.548 e. The standard InChI is InChI=1S/C22H29NO5.C14H18N6O6S/c1-7-22(23(2)3,17-11-9-8-10-12-17)15-28-21(24)16-13-18(25-4)20(27-6)19(14-16)26-5;15-11(27)8-3-5-9(6-4-8)26-14(23)18-10(12(21)22)2-1-7-17-13(16)19-20(24)25/h8-14H,7,15H2,1-6H3;3-6,10H,1-2,7H2,(H2,15,27)(H,18,23)(H,21,22)(H3,16,17,19). The molecule has 0 aliphatic carbocycles. The van der Waals surface area contributed by atoms with Gasteiger partial charge >= 0.3 is 12.1 Å². The molecule has 55 heavy (non-hydrogen) atoms. The van der Waals surface area contributed by atoms with Gasteiger partial charge in [-0.2, -0.15) is 0 Å². The summed E-state index contributed by atoms with van der Waals surface area (Å²) in [5.41, 5.74) is 14.0. The average Bonchev–Trinajstić information content (AvgIpc) is 3.16. The lowest BCUT2D eigenvalue weighted by atomic mass is 9.87. The number of hydrogen-bond donors (Lipinski definition) is 5. The number of carboxylic acid groups (broad SMARTS) is 1. The number of nitro groups is 1. The molecule has 0 saturated carbocycles. The van der Waals surface area contributed by atoms with Crippen molar-refractivity contribution in [1.82, 2.24) is 10.7 Å². The summed E-state index contributed by atoms with van der Waals surface area (Å²) in [5.74, 6) is -0.948. The molecule has 0 aromatic heterocycles. The Morgan fingerprint density at radius 3 is 2.04 bits per heavy atom. The van der Waals surface area contributed by atoms with Crippen LogP contribution in [-0.2, 0) is 15.1 Å². The number of aliphatic imine (C=N–C) groups is 1. The van der Waals surface area contributed by atoms with Gasteiger partial charge in [0.05, 0.1) is 53.0 Å². The Hall–Kier alpha value is -6.21. The molecule has 0 saturated heterocycles. The van der Waals surface area contributed by atoms with Crippen LogP contribution in [0.5, 0.6) is 23.0 Å². The Labute approximate surface area is 323 Å². The maximum Gasteiger partial charge on any atom is 0.413 e. The first-order chi connectivity index (χ1) is 26.1. The number of ether oxygens (including phenoxy) is 5. The number of amides is 1. The predicted octanol–water partition coefficient (Wildman–Crippen LogP) is 0.723. The van der Waals surface area contributed by atoms with Gasteiger partial charge in [-0.15, -0.1) is 0 Å². The van der Waals surface area contributed by atoms with Crippen molar-refractivity contribution in [2.75, 3.05) is 48.6 Å². The van der Waals surface area contributed by atoms with Gasteiger partial charge < -0.3 is 55.3 Å². The fourth-order valence-corrected chi connectivity index (χ4v) is 5.38. The molecule has 0 aliphatic rings. The number of carbonyl (C=O) groups excluding carboxylic acids is 3. The highest BCUT2D eigenvalue weighted by molar-refractivity contribution is 7.80. The molecule has 298 valence electrons. The number of guanidine groups is 1. The van der Waals surface area contributed by atoms with E-state index < -0.39 is 35.1 Å². The van der Waals surface area contributed by atoms with Crippen molar-refractivity contribution >= 4 is 41.2 Å². The van der Waals surface area contributed by atoms with Crippen molar-refractivity contribution in [3.63, 3.8) is 0 Å². The van der Waals surface area contributed by atoms with Gasteiger partial charge in [0.1, 0.15) is 10.7 Å². The van der Waals surface area contributed by atoms with Crippen LogP contribution in [-0.4, -0.2) is 88.6 Å². The number of aliphatic carboxylic acids is 1. The molecule has 0 radical (unpaired) electrons. The van der Waals surface area contributed by atoms with Crippen LogP contribution in [0.2, 0.25) is 0 Å². The fraction of sp³-hybridized carbons (Fsp3) is 0.361. The number of methoxy groups -OCH3 is 3. The maximum atomic E-state index is 12.8. The van der Waals surface area contributed by atoms with E-state index in [4.69, 9.17) is 47.4 Å². The largest absolute Gasteiger partial charge is 0.548 e. The quantitative estimate of drug-likeness (QED) is 0.0227. The number of carboxylic acids is 1. The van der Waals surface area contributed by atoms with Gasteiger partial charge in [-0.25, -0.2) is 24.7 Å². The molecular weight excluding hydrogens is 739 g/mol. The van der Waals surface area contributed by atoms with Crippen molar-refractivity contribution in [2.45, 2.75) is 37.8 Å². The molecule has 3 rings (SSSR count). The van der Waals surface area contributed by atoms with E-state index in [9.17, 15) is 29.6 Å². The highest BCUT2D eigenvalue weighted by Crippen LogP contribution is 2.38. The van der Waals surface area contributed by atoms with E-state index in [1.54, 1.807) is 29.7 Å². The fourth-order valence-electron chi connectivity index (χ4n) is 5.24. The predicted molar refractivity (Wildman–Crippen MR) is 204 cm³/mol. The lowest BCUT2D eigenvalue weighted by molar-refractivity contribution is -0.925. The molecule has 7 N–H and O–H groups in total.